The van der Waals surface area contributed by atoms with Gasteiger partial charge in [-0.15, -0.1) is 0 Å². The first-order valence-corrected chi connectivity index (χ1v) is 9.29. The number of carbonyl (C=O) groups is 1. The first-order chi connectivity index (χ1) is 15.2. The number of nitrogens with zero attached hydrogens (tertiary/aromatic N) is 3. The Morgan fingerprint density at radius 3 is 2.38 bits per heavy atom. The lowest BCUT2D eigenvalue weighted by molar-refractivity contribution is -0.389. The number of halogens is 3. The highest BCUT2D eigenvalue weighted by Gasteiger charge is 2.30. The van der Waals surface area contributed by atoms with E-state index in [1.807, 2.05) is 0 Å². The van der Waals surface area contributed by atoms with Crippen LogP contribution in [0.15, 0.2) is 54.7 Å². The van der Waals surface area contributed by atoms with Crippen LogP contribution in [0.5, 0.6) is 6.01 Å². The average molecular weight is 448 g/mol. The summed E-state index contributed by atoms with van der Waals surface area (Å²) >= 11 is 0. The molecule has 0 bridgehead atoms. The molecule has 9 nitrogen and oxygen atoms in total. The fourth-order valence-corrected chi connectivity index (χ4v) is 3.13. The van der Waals surface area contributed by atoms with Gasteiger partial charge >= 0.3 is 24.1 Å². The first-order valence-electron chi connectivity index (χ1n) is 9.29. The Balaban J connectivity index is 1.34. The summed E-state index contributed by atoms with van der Waals surface area (Å²) in [4.78, 5) is 26.0. The molecule has 32 heavy (non-hydrogen) atoms. The molecule has 0 saturated heterocycles. The predicted octanol–water partition coefficient (Wildman–Crippen LogP) is 4.49. The van der Waals surface area contributed by atoms with Gasteiger partial charge in [-0.05, 0) is 40.3 Å². The van der Waals surface area contributed by atoms with Gasteiger partial charge in [0.1, 0.15) is 12.8 Å². The molecule has 2 heterocycles. The maximum absolute atomic E-state index is 12.7. The Morgan fingerprint density at radius 1 is 1.16 bits per heavy atom. The van der Waals surface area contributed by atoms with E-state index in [1.54, 1.807) is 24.3 Å². The van der Waals surface area contributed by atoms with Gasteiger partial charge in [-0.2, -0.15) is 13.2 Å². The summed E-state index contributed by atoms with van der Waals surface area (Å²) in [6, 6.07) is 11.3. The number of rotatable bonds is 4. The number of anilines is 1. The largest absolute Gasteiger partial charge is 0.442 e. The number of alkyl halides is 3. The van der Waals surface area contributed by atoms with Crippen molar-refractivity contribution < 1.29 is 32.4 Å². The Labute approximate surface area is 178 Å². The Morgan fingerprint density at radius 2 is 1.78 bits per heavy atom. The zero-order valence-corrected chi connectivity index (χ0v) is 16.2. The number of aromatic nitrogens is 2. The van der Waals surface area contributed by atoms with Gasteiger partial charge in [0.15, 0.2) is 6.10 Å². The van der Waals surface area contributed by atoms with Crippen molar-refractivity contribution in [2.24, 2.45) is 0 Å². The molecule has 12 heteroatoms. The zero-order chi connectivity index (χ0) is 22.9. The summed E-state index contributed by atoms with van der Waals surface area (Å²) in [6.07, 6.45) is -4.63. The summed E-state index contributed by atoms with van der Waals surface area (Å²) in [7, 11) is 0. The number of nitro groups is 1. The van der Waals surface area contributed by atoms with Crippen LogP contribution in [0.1, 0.15) is 5.56 Å². The molecule has 1 aliphatic rings. The van der Waals surface area contributed by atoms with Gasteiger partial charge in [-0.1, -0.05) is 24.3 Å². The second-order valence-electron chi connectivity index (χ2n) is 6.91. The monoisotopic (exact) mass is 448 g/mol. The molecule has 1 amide bonds. The van der Waals surface area contributed by atoms with Gasteiger partial charge in [0.2, 0.25) is 0 Å². The number of carbonyl (C=O) groups excluding carboxylic acids is 1. The topological polar surface area (TPSA) is 109 Å². The van der Waals surface area contributed by atoms with E-state index < -0.39 is 28.9 Å². The van der Waals surface area contributed by atoms with Crippen LogP contribution in [0, 0.1) is 10.1 Å². The fourth-order valence-electron chi connectivity index (χ4n) is 3.13. The highest BCUT2D eigenvalue weighted by Crippen LogP contribution is 2.31. The molecule has 0 saturated carbocycles. The summed E-state index contributed by atoms with van der Waals surface area (Å²) in [6.45, 7) is 0.144. The van der Waals surface area contributed by atoms with Crippen LogP contribution in [0.2, 0.25) is 0 Å². The molecule has 1 aromatic heterocycles. The highest BCUT2D eigenvalue weighted by atomic mass is 19.4. The number of hydrogen-bond donors (Lipinski definition) is 1. The minimum absolute atomic E-state index is 0.00551. The Kier molecular flexibility index (Phi) is 5.43. The standard InChI is InChI=1S/C20H15F3N4O5/c21-20(22,23)14-5-1-12(2-6-14)13-3-7-15(8-4-13)24-19(28)32-16-9-26-10-17(27(29)30)25-18(26)31-11-16/h1-8,10,16H,9,11H2,(H,24,28)/t16-/m0/s1. The van der Waals surface area contributed by atoms with E-state index in [4.69, 9.17) is 9.47 Å². The third kappa shape index (κ3) is 4.63. The smallest absolute Gasteiger partial charge is 0.416 e. The SMILES string of the molecule is O=C(Nc1ccc(-c2ccc(C(F)(F)F)cc2)cc1)O[C@@H]1COc2nc([N+](=O)[O-])cn2C1. The van der Waals surface area contributed by atoms with Crippen molar-refractivity contribution >= 4 is 17.6 Å². The van der Waals surface area contributed by atoms with Crippen molar-refractivity contribution in [2.45, 2.75) is 18.8 Å². The van der Waals surface area contributed by atoms with Gasteiger partial charge in [-0.3, -0.25) is 9.88 Å². The molecule has 0 fully saturated rings. The summed E-state index contributed by atoms with van der Waals surface area (Å²) in [5.41, 5.74) is 0.956. The van der Waals surface area contributed by atoms with Gasteiger partial charge < -0.3 is 19.6 Å². The fraction of sp³-hybridized carbons (Fsp3) is 0.200. The minimum Gasteiger partial charge on any atom is -0.442 e. The zero-order valence-electron chi connectivity index (χ0n) is 16.2. The lowest BCUT2D eigenvalue weighted by Crippen LogP contribution is -2.35. The second-order valence-corrected chi connectivity index (χ2v) is 6.91. The number of amides is 1. The number of benzene rings is 2. The van der Waals surface area contributed by atoms with Crippen molar-refractivity contribution in [3.05, 3.63) is 70.4 Å². The van der Waals surface area contributed by atoms with E-state index in [1.165, 1.54) is 22.9 Å². The number of nitrogens with one attached hydrogen (secondary N) is 1. The normalized spacial score (nSPS) is 15.4. The van der Waals surface area contributed by atoms with E-state index in [2.05, 4.69) is 10.3 Å². The van der Waals surface area contributed by atoms with Crippen molar-refractivity contribution in [2.75, 3.05) is 11.9 Å². The van der Waals surface area contributed by atoms with Gasteiger partial charge in [0.25, 0.3) is 0 Å². The third-order valence-electron chi connectivity index (χ3n) is 4.66. The lowest BCUT2D eigenvalue weighted by atomic mass is 10.0. The highest BCUT2D eigenvalue weighted by molar-refractivity contribution is 5.85. The van der Waals surface area contributed by atoms with Crippen LogP contribution in [0.25, 0.3) is 11.1 Å². The molecule has 1 aliphatic heterocycles. The van der Waals surface area contributed by atoms with Gasteiger partial charge in [0, 0.05) is 10.7 Å². The third-order valence-corrected chi connectivity index (χ3v) is 4.66. The summed E-state index contributed by atoms with van der Waals surface area (Å²) < 4.78 is 50.0. The Bertz CT molecular complexity index is 1140. The Hall–Kier alpha value is -4.09. The molecule has 0 unspecified atom stereocenters. The van der Waals surface area contributed by atoms with E-state index >= 15 is 0 Å². The molecule has 4 rings (SSSR count). The maximum atomic E-state index is 12.7. The molecular weight excluding hydrogens is 433 g/mol. The molecule has 1 N–H and O–H groups in total. The van der Waals surface area contributed by atoms with Crippen molar-refractivity contribution in [1.82, 2.24) is 9.55 Å². The van der Waals surface area contributed by atoms with E-state index in [9.17, 15) is 28.1 Å². The van der Waals surface area contributed by atoms with E-state index in [0.717, 1.165) is 12.1 Å². The minimum atomic E-state index is -4.40. The summed E-state index contributed by atoms with van der Waals surface area (Å²) in [5, 5.41) is 13.3. The molecule has 166 valence electrons. The second kappa shape index (κ2) is 8.21. The maximum Gasteiger partial charge on any atom is 0.416 e. The van der Waals surface area contributed by atoms with Crippen molar-refractivity contribution in [3.8, 4) is 17.1 Å². The summed E-state index contributed by atoms with van der Waals surface area (Å²) in [5.74, 6) is -0.363. The van der Waals surface area contributed by atoms with Crippen molar-refractivity contribution in [3.63, 3.8) is 0 Å². The van der Waals surface area contributed by atoms with Crippen LogP contribution < -0.4 is 10.1 Å². The number of imidazole rings is 1. The lowest BCUT2D eigenvalue weighted by Gasteiger charge is -2.22. The van der Waals surface area contributed by atoms with Crippen LogP contribution in [-0.2, 0) is 17.5 Å². The number of hydrogen-bond acceptors (Lipinski definition) is 6. The van der Waals surface area contributed by atoms with Crippen LogP contribution in [0.4, 0.5) is 29.5 Å². The molecule has 3 aromatic rings. The molecule has 2 aromatic carbocycles. The van der Waals surface area contributed by atoms with Crippen LogP contribution >= 0.6 is 0 Å². The first kappa shape index (κ1) is 21.2. The van der Waals surface area contributed by atoms with E-state index in [0.29, 0.717) is 16.8 Å². The molecule has 1 atom stereocenters. The molecule has 0 radical (unpaired) electrons. The van der Waals surface area contributed by atoms with Gasteiger partial charge in [0.05, 0.1) is 12.1 Å². The molecular formula is C20H15F3N4O5. The van der Waals surface area contributed by atoms with Crippen molar-refractivity contribution in [1.29, 1.82) is 0 Å². The molecule has 0 spiro atoms. The quantitative estimate of drug-likeness (QED) is 0.466. The number of ether oxygens (including phenoxy) is 2. The van der Waals surface area contributed by atoms with Crippen LogP contribution in [-0.4, -0.2) is 33.3 Å². The predicted molar refractivity (Wildman–Crippen MR) is 105 cm³/mol. The number of fused-ring (bicyclic) bond motifs is 1. The molecule has 0 aliphatic carbocycles. The van der Waals surface area contributed by atoms with E-state index in [-0.39, 0.29) is 25.0 Å². The van der Waals surface area contributed by atoms with Crippen LogP contribution in [0.3, 0.4) is 0 Å². The van der Waals surface area contributed by atoms with Gasteiger partial charge in [-0.25, -0.2) is 4.79 Å². The average Bonchev–Trinajstić information content (AvgIpc) is 3.18.